The number of carboxylic acid groups (broad SMARTS) is 1. The van der Waals surface area contributed by atoms with Gasteiger partial charge in [-0.25, -0.2) is 4.79 Å². The lowest BCUT2D eigenvalue weighted by atomic mass is 9.92. The van der Waals surface area contributed by atoms with E-state index >= 15 is 0 Å². The number of likely N-dealkylation sites (tertiary alicyclic amines) is 1. The molecule has 1 aliphatic rings. The highest BCUT2D eigenvalue weighted by Gasteiger charge is 2.24. The summed E-state index contributed by atoms with van der Waals surface area (Å²) < 4.78 is 0. The quantitative estimate of drug-likeness (QED) is 0.925. The molecule has 1 saturated heterocycles. The van der Waals surface area contributed by atoms with Gasteiger partial charge in [0.15, 0.2) is 5.15 Å². The van der Waals surface area contributed by atoms with Crippen LogP contribution in [0.2, 0.25) is 5.15 Å². The number of carbonyl (C=O) groups is 1. The van der Waals surface area contributed by atoms with Crippen molar-refractivity contribution in [2.75, 3.05) is 13.1 Å². The molecule has 1 unspecified atom stereocenters. The molecule has 110 valence electrons. The van der Waals surface area contributed by atoms with Gasteiger partial charge in [0.05, 0.1) is 5.69 Å². The van der Waals surface area contributed by atoms with Gasteiger partial charge in [0.25, 0.3) is 0 Å². The van der Waals surface area contributed by atoms with Gasteiger partial charge in [-0.2, -0.15) is 5.10 Å². The fourth-order valence-corrected chi connectivity index (χ4v) is 3.16. The Kier molecular flexibility index (Phi) is 3.92. The van der Waals surface area contributed by atoms with Crippen molar-refractivity contribution in [1.82, 2.24) is 15.1 Å². The van der Waals surface area contributed by atoms with Crippen molar-refractivity contribution >= 4 is 28.5 Å². The van der Waals surface area contributed by atoms with Crippen LogP contribution in [0.4, 0.5) is 4.79 Å². The summed E-state index contributed by atoms with van der Waals surface area (Å²) >= 11 is 6.08. The Morgan fingerprint density at radius 3 is 2.86 bits per heavy atom. The number of rotatable bonds is 2. The van der Waals surface area contributed by atoms with Crippen molar-refractivity contribution in [2.45, 2.75) is 19.3 Å². The first kappa shape index (κ1) is 14.1. The van der Waals surface area contributed by atoms with Gasteiger partial charge in [0.2, 0.25) is 0 Å². The Morgan fingerprint density at radius 1 is 1.33 bits per heavy atom. The Morgan fingerprint density at radius 2 is 2.10 bits per heavy atom. The van der Waals surface area contributed by atoms with E-state index in [1.165, 1.54) is 4.90 Å². The summed E-state index contributed by atoms with van der Waals surface area (Å²) in [7, 11) is 0. The summed E-state index contributed by atoms with van der Waals surface area (Å²) in [6.45, 7) is 1.19. The molecule has 1 aliphatic heterocycles. The van der Waals surface area contributed by atoms with Crippen molar-refractivity contribution in [3.63, 3.8) is 0 Å². The first-order chi connectivity index (χ1) is 10.1. The lowest BCUT2D eigenvalue weighted by Gasteiger charge is -2.30. The third-order valence-electron chi connectivity index (χ3n) is 3.99. The van der Waals surface area contributed by atoms with Crippen molar-refractivity contribution in [3.8, 4) is 0 Å². The second-order valence-electron chi connectivity index (χ2n) is 5.42. The van der Waals surface area contributed by atoms with E-state index < -0.39 is 6.09 Å². The first-order valence-electron chi connectivity index (χ1n) is 7.03. The van der Waals surface area contributed by atoms with Gasteiger partial charge in [-0.1, -0.05) is 35.9 Å². The van der Waals surface area contributed by atoms with Crippen LogP contribution in [0, 0.1) is 5.92 Å². The number of fused-ring (bicyclic) bond motifs is 1. The Balaban J connectivity index is 1.85. The Hall–Kier alpha value is -1.88. The average Bonchev–Trinajstić information content (AvgIpc) is 2.51. The van der Waals surface area contributed by atoms with Crippen LogP contribution < -0.4 is 0 Å². The minimum absolute atomic E-state index is 0.286. The van der Waals surface area contributed by atoms with Crippen molar-refractivity contribution in [2.24, 2.45) is 5.92 Å². The van der Waals surface area contributed by atoms with Crippen LogP contribution in [0.25, 0.3) is 10.8 Å². The highest BCUT2D eigenvalue weighted by atomic mass is 35.5. The van der Waals surface area contributed by atoms with Gasteiger partial charge in [0, 0.05) is 23.9 Å². The maximum Gasteiger partial charge on any atom is 0.407 e. The normalized spacial score (nSPS) is 18.9. The molecule has 1 atom stereocenters. The summed E-state index contributed by atoms with van der Waals surface area (Å²) in [5, 5.41) is 19.7. The van der Waals surface area contributed by atoms with Crippen LogP contribution in [0.5, 0.6) is 0 Å². The molecule has 6 heteroatoms. The summed E-state index contributed by atoms with van der Waals surface area (Å²) in [4.78, 5) is 12.6. The van der Waals surface area contributed by atoms with Crippen LogP contribution in [-0.2, 0) is 6.42 Å². The van der Waals surface area contributed by atoms with Gasteiger partial charge in [-0.15, -0.1) is 5.10 Å². The summed E-state index contributed by atoms with van der Waals surface area (Å²) in [6.07, 6.45) is 1.80. The third kappa shape index (κ3) is 2.93. The van der Waals surface area contributed by atoms with Crippen molar-refractivity contribution in [1.29, 1.82) is 0 Å². The number of hydrogen-bond donors (Lipinski definition) is 1. The summed E-state index contributed by atoms with van der Waals surface area (Å²) in [5.41, 5.74) is 0.896. The van der Waals surface area contributed by atoms with Crippen LogP contribution >= 0.6 is 11.6 Å². The highest BCUT2D eigenvalue weighted by Crippen LogP contribution is 2.26. The molecule has 0 saturated carbocycles. The van der Waals surface area contributed by atoms with Gasteiger partial charge >= 0.3 is 6.09 Å². The molecule has 3 rings (SSSR count). The minimum Gasteiger partial charge on any atom is -0.465 e. The zero-order valence-corrected chi connectivity index (χ0v) is 12.3. The lowest BCUT2D eigenvalue weighted by molar-refractivity contribution is 0.120. The van der Waals surface area contributed by atoms with E-state index in [0.29, 0.717) is 18.2 Å². The zero-order chi connectivity index (χ0) is 14.8. The van der Waals surface area contributed by atoms with E-state index in [9.17, 15) is 4.79 Å². The molecule has 1 aromatic heterocycles. The maximum atomic E-state index is 11.1. The van der Waals surface area contributed by atoms with E-state index in [0.717, 1.165) is 35.7 Å². The van der Waals surface area contributed by atoms with Crippen LogP contribution in [0.15, 0.2) is 24.3 Å². The van der Waals surface area contributed by atoms with Gasteiger partial charge in [0.1, 0.15) is 0 Å². The predicted octanol–water partition coefficient (Wildman–Crippen LogP) is 3.22. The lowest BCUT2D eigenvalue weighted by Crippen LogP contribution is -2.39. The maximum absolute atomic E-state index is 11.1. The highest BCUT2D eigenvalue weighted by molar-refractivity contribution is 6.34. The molecule has 0 spiro atoms. The molecular weight excluding hydrogens is 290 g/mol. The van der Waals surface area contributed by atoms with Gasteiger partial charge in [-0.05, 0) is 25.2 Å². The SMILES string of the molecule is O=C(O)N1CCCC(Cc2nnc(Cl)c3ccccc23)C1. The number of piperidine rings is 1. The van der Waals surface area contributed by atoms with Crippen molar-refractivity contribution in [3.05, 3.63) is 35.1 Å². The molecule has 2 heterocycles. The Labute approximate surface area is 127 Å². The molecule has 5 nitrogen and oxygen atoms in total. The summed E-state index contributed by atoms with van der Waals surface area (Å²) in [6, 6.07) is 7.80. The second-order valence-corrected chi connectivity index (χ2v) is 5.78. The van der Waals surface area contributed by atoms with E-state index in [4.69, 9.17) is 16.7 Å². The predicted molar refractivity (Wildman–Crippen MR) is 80.6 cm³/mol. The summed E-state index contributed by atoms with van der Waals surface area (Å²) in [5.74, 6) is 0.286. The molecule has 0 aliphatic carbocycles. The smallest absolute Gasteiger partial charge is 0.407 e. The Bertz CT molecular complexity index is 677. The van der Waals surface area contributed by atoms with Gasteiger partial charge in [-0.3, -0.25) is 0 Å². The van der Waals surface area contributed by atoms with Crippen molar-refractivity contribution < 1.29 is 9.90 Å². The first-order valence-corrected chi connectivity index (χ1v) is 7.40. The van der Waals surface area contributed by atoms with Crippen LogP contribution in [-0.4, -0.2) is 39.4 Å². The second kappa shape index (κ2) is 5.85. The number of nitrogens with zero attached hydrogens (tertiary/aromatic N) is 3. The van der Waals surface area contributed by atoms with Crippen LogP contribution in [0.1, 0.15) is 18.5 Å². The van der Waals surface area contributed by atoms with E-state index in [2.05, 4.69) is 10.2 Å². The fraction of sp³-hybridized carbons (Fsp3) is 0.400. The molecule has 2 aromatic rings. The standard InChI is InChI=1S/C15H16ClN3O2/c16-14-12-6-2-1-5-11(12)13(17-18-14)8-10-4-3-7-19(9-10)15(20)21/h1-2,5-6,10H,3-4,7-9H2,(H,20,21). The number of halogens is 1. The largest absolute Gasteiger partial charge is 0.465 e. The number of hydrogen-bond acceptors (Lipinski definition) is 3. The average molecular weight is 306 g/mol. The topological polar surface area (TPSA) is 66.3 Å². The van der Waals surface area contributed by atoms with Gasteiger partial charge < -0.3 is 10.0 Å². The number of benzene rings is 1. The molecule has 0 radical (unpaired) electrons. The monoisotopic (exact) mass is 305 g/mol. The molecule has 21 heavy (non-hydrogen) atoms. The van der Waals surface area contributed by atoms with Crippen LogP contribution in [0.3, 0.4) is 0 Å². The fourth-order valence-electron chi connectivity index (χ4n) is 2.96. The molecule has 0 bridgehead atoms. The minimum atomic E-state index is -0.841. The molecular formula is C15H16ClN3O2. The zero-order valence-electron chi connectivity index (χ0n) is 11.5. The molecule has 1 aromatic carbocycles. The number of amides is 1. The van der Waals surface area contributed by atoms with E-state index in [1.54, 1.807) is 0 Å². The van der Waals surface area contributed by atoms with E-state index in [-0.39, 0.29) is 5.92 Å². The third-order valence-corrected chi connectivity index (χ3v) is 4.27. The molecule has 1 amide bonds. The van der Waals surface area contributed by atoms with E-state index in [1.807, 2.05) is 24.3 Å². The molecule has 1 fully saturated rings. The number of aromatic nitrogens is 2. The molecule has 1 N–H and O–H groups in total.